The van der Waals surface area contributed by atoms with Crippen LogP contribution in [0.4, 0.5) is 10.1 Å². The number of carbonyl (C=O) groups is 1. The van der Waals surface area contributed by atoms with Crippen molar-refractivity contribution in [1.82, 2.24) is 4.90 Å². The lowest BCUT2D eigenvalue weighted by atomic mass is 10.0. The van der Waals surface area contributed by atoms with Crippen molar-refractivity contribution in [2.75, 3.05) is 38.2 Å². The molecule has 0 aromatic heterocycles. The SMILES string of the molecule is COc1cccc(C2=NO[C@H](C(=O)N3CCN(c4ccc(F)cc4)CC3)C2)c1. The van der Waals surface area contributed by atoms with Crippen LogP contribution in [-0.4, -0.2) is 55.9 Å². The van der Waals surface area contributed by atoms with Crippen molar-refractivity contribution in [1.29, 1.82) is 0 Å². The molecule has 1 fully saturated rings. The van der Waals surface area contributed by atoms with E-state index >= 15 is 0 Å². The minimum atomic E-state index is -0.585. The molecule has 2 aromatic rings. The Morgan fingerprint density at radius 2 is 1.89 bits per heavy atom. The second-order valence-electron chi connectivity index (χ2n) is 6.86. The molecule has 0 saturated carbocycles. The van der Waals surface area contributed by atoms with Crippen LogP contribution in [0, 0.1) is 5.82 Å². The number of hydrogen-bond donors (Lipinski definition) is 0. The van der Waals surface area contributed by atoms with Gasteiger partial charge in [0.1, 0.15) is 11.6 Å². The third-order valence-electron chi connectivity index (χ3n) is 5.13. The van der Waals surface area contributed by atoms with E-state index in [0.29, 0.717) is 32.6 Å². The van der Waals surface area contributed by atoms with Crippen molar-refractivity contribution < 1.29 is 18.8 Å². The Balaban J connectivity index is 1.33. The fraction of sp³-hybridized carbons (Fsp3) is 0.333. The van der Waals surface area contributed by atoms with Crippen LogP contribution in [0.15, 0.2) is 53.7 Å². The van der Waals surface area contributed by atoms with Crippen LogP contribution >= 0.6 is 0 Å². The maximum absolute atomic E-state index is 13.1. The second-order valence-corrected chi connectivity index (χ2v) is 6.86. The number of benzene rings is 2. The molecule has 0 bridgehead atoms. The van der Waals surface area contributed by atoms with Crippen molar-refractivity contribution in [2.45, 2.75) is 12.5 Å². The lowest BCUT2D eigenvalue weighted by Crippen LogP contribution is -2.51. The molecule has 2 heterocycles. The Labute approximate surface area is 163 Å². The summed E-state index contributed by atoms with van der Waals surface area (Å²) in [5.41, 5.74) is 2.62. The number of oxime groups is 1. The molecule has 1 saturated heterocycles. The number of halogens is 1. The molecule has 0 N–H and O–H groups in total. The summed E-state index contributed by atoms with van der Waals surface area (Å²) in [6, 6.07) is 14.0. The van der Waals surface area contributed by atoms with Gasteiger partial charge in [0.15, 0.2) is 0 Å². The molecule has 2 aromatic carbocycles. The summed E-state index contributed by atoms with van der Waals surface area (Å²) < 4.78 is 18.3. The summed E-state index contributed by atoms with van der Waals surface area (Å²) in [7, 11) is 1.62. The first-order valence-corrected chi connectivity index (χ1v) is 9.30. The summed E-state index contributed by atoms with van der Waals surface area (Å²) >= 11 is 0. The van der Waals surface area contributed by atoms with Gasteiger partial charge in [-0.1, -0.05) is 17.3 Å². The second kappa shape index (κ2) is 7.88. The molecule has 0 aliphatic carbocycles. The van der Waals surface area contributed by atoms with Gasteiger partial charge in [0.25, 0.3) is 5.91 Å². The molecule has 0 radical (unpaired) electrons. The Bertz CT molecular complexity index is 877. The van der Waals surface area contributed by atoms with E-state index in [1.54, 1.807) is 19.2 Å². The third kappa shape index (κ3) is 3.78. The van der Waals surface area contributed by atoms with E-state index in [4.69, 9.17) is 9.57 Å². The van der Waals surface area contributed by atoms with Crippen molar-refractivity contribution in [2.24, 2.45) is 5.16 Å². The molecule has 7 heteroatoms. The van der Waals surface area contributed by atoms with Gasteiger partial charge in [0, 0.05) is 43.9 Å². The van der Waals surface area contributed by atoms with Gasteiger partial charge in [0.2, 0.25) is 6.10 Å². The normalized spacial score (nSPS) is 19.2. The average Bonchev–Trinajstić information content (AvgIpc) is 3.24. The number of methoxy groups -OCH3 is 1. The zero-order valence-electron chi connectivity index (χ0n) is 15.7. The Kier molecular flexibility index (Phi) is 5.14. The summed E-state index contributed by atoms with van der Waals surface area (Å²) in [5.74, 6) is 0.454. The number of ether oxygens (including phenoxy) is 1. The van der Waals surface area contributed by atoms with Gasteiger partial charge in [-0.3, -0.25) is 4.79 Å². The number of carbonyl (C=O) groups excluding carboxylic acids is 1. The Hall–Kier alpha value is -3.09. The molecule has 1 amide bonds. The van der Waals surface area contributed by atoms with Crippen LogP contribution < -0.4 is 9.64 Å². The topological polar surface area (TPSA) is 54.4 Å². The number of amides is 1. The quantitative estimate of drug-likeness (QED) is 0.815. The first-order chi connectivity index (χ1) is 13.6. The summed E-state index contributed by atoms with van der Waals surface area (Å²) in [6.07, 6.45) is -0.136. The molecule has 28 heavy (non-hydrogen) atoms. The van der Waals surface area contributed by atoms with E-state index < -0.39 is 6.10 Å². The predicted molar refractivity (Wildman–Crippen MR) is 104 cm³/mol. The highest BCUT2D eigenvalue weighted by Crippen LogP contribution is 2.23. The first-order valence-electron chi connectivity index (χ1n) is 9.30. The number of rotatable bonds is 4. The predicted octanol–water partition coefficient (Wildman–Crippen LogP) is 2.68. The van der Waals surface area contributed by atoms with E-state index in [0.717, 1.165) is 22.7 Å². The van der Waals surface area contributed by atoms with E-state index in [-0.39, 0.29) is 11.7 Å². The Morgan fingerprint density at radius 1 is 1.14 bits per heavy atom. The van der Waals surface area contributed by atoms with Crippen LogP contribution in [0.1, 0.15) is 12.0 Å². The molecule has 1 atom stereocenters. The Morgan fingerprint density at radius 3 is 2.61 bits per heavy atom. The van der Waals surface area contributed by atoms with Gasteiger partial charge in [-0.2, -0.15) is 0 Å². The summed E-state index contributed by atoms with van der Waals surface area (Å²) in [6.45, 7) is 2.61. The highest BCUT2D eigenvalue weighted by molar-refractivity contribution is 6.04. The van der Waals surface area contributed by atoms with Crippen LogP contribution in [0.3, 0.4) is 0 Å². The molecular weight excluding hydrogens is 361 g/mol. The average molecular weight is 383 g/mol. The van der Waals surface area contributed by atoms with Crippen molar-refractivity contribution >= 4 is 17.3 Å². The number of piperazine rings is 1. The van der Waals surface area contributed by atoms with E-state index in [1.807, 2.05) is 29.2 Å². The van der Waals surface area contributed by atoms with Crippen molar-refractivity contribution in [3.63, 3.8) is 0 Å². The smallest absolute Gasteiger partial charge is 0.267 e. The molecule has 2 aliphatic rings. The van der Waals surface area contributed by atoms with Crippen molar-refractivity contribution in [3.05, 3.63) is 59.9 Å². The minimum Gasteiger partial charge on any atom is -0.497 e. The number of anilines is 1. The number of hydrogen-bond acceptors (Lipinski definition) is 5. The largest absolute Gasteiger partial charge is 0.497 e. The molecule has 4 rings (SSSR count). The van der Waals surface area contributed by atoms with E-state index in [9.17, 15) is 9.18 Å². The molecule has 2 aliphatic heterocycles. The summed E-state index contributed by atoms with van der Waals surface area (Å²) in [5, 5.41) is 4.12. The van der Waals surface area contributed by atoms with E-state index in [2.05, 4.69) is 10.1 Å². The maximum atomic E-state index is 13.1. The van der Waals surface area contributed by atoms with Crippen LogP contribution in [0.25, 0.3) is 0 Å². The highest BCUT2D eigenvalue weighted by Gasteiger charge is 2.34. The van der Waals surface area contributed by atoms with Gasteiger partial charge in [-0.05, 0) is 36.4 Å². The molecule has 0 spiro atoms. The van der Waals surface area contributed by atoms with Gasteiger partial charge in [-0.15, -0.1) is 0 Å². The third-order valence-corrected chi connectivity index (χ3v) is 5.13. The van der Waals surface area contributed by atoms with Crippen LogP contribution in [-0.2, 0) is 9.63 Å². The fourth-order valence-electron chi connectivity index (χ4n) is 3.52. The van der Waals surface area contributed by atoms with Crippen molar-refractivity contribution in [3.8, 4) is 5.75 Å². The lowest BCUT2D eigenvalue weighted by Gasteiger charge is -2.36. The molecular formula is C21H22FN3O3. The van der Waals surface area contributed by atoms with Crippen LogP contribution in [0.2, 0.25) is 0 Å². The van der Waals surface area contributed by atoms with Gasteiger partial charge >= 0.3 is 0 Å². The maximum Gasteiger partial charge on any atom is 0.267 e. The zero-order valence-corrected chi connectivity index (χ0v) is 15.7. The number of nitrogens with zero attached hydrogens (tertiary/aromatic N) is 3. The van der Waals surface area contributed by atoms with E-state index in [1.165, 1.54) is 12.1 Å². The molecule has 6 nitrogen and oxygen atoms in total. The fourth-order valence-corrected chi connectivity index (χ4v) is 3.52. The first kappa shape index (κ1) is 18.3. The van der Waals surface area contributed by atoms with Gasteiger partial charge < -0.3 is 19.4 Å². The zero-order chi connectivity index (χ0) is 19.5. The van der Waals surface area contributed by atoms with Gasteiger partial charge in [-0.25, -0.2) is 4.39 Å². The highest BCUT2D eigenvalue weighted by atomic mass is 19.1. The minimum absolute atomic E-state index is 0.0413. The van der Waals surface area contributed by atoms with Gasteiger partial charge in [0.05, 0.1) is 12.8 Å². The standard InChI is InChI=1S/C21H22FN3O3/c1-27-18-4-2-3-15(13-18)19-14-20(28-23-19)21(26)25-11-9-24(10-12-25)17-7-5-16(22)6-8-17/h2-8,13,20H,9-12,14H2,1H3/t20-/m0/s1. The molecule has 146 valence electrons. The monoisotopic (exact) mass is 383 g/mol. The lowest BCUT2D eigenvalue weighted by molar-refractivity contribution is -0.142. The summed E-state index contributed by atoms with van der Waals surface area (Å²) in [4.78, 5) is 22.2. The molecule has 0 unspecified atom stereocenters. The van der Waals surface area contributed by atoms with Crippen LogP contribution in [0.5, 0.6) is 5.75 Å².